The molecule has 0 aliphatic carbocycles. The summed E-state index contributed by atoms with van der Waals surface area (Å²) < 4.78 is 15.8. The molecule has 2 aromatic rings. The number of nitrogens with zero attached hydrogens (tertiary/aromatic N) is 3. The van der Waals surface area contributed by atoms with Crippen molar-refractivity contribution in [3.05, 3.63) is 53.6 Å². The smallest absolute Gasteiger partial charge is 0.327 e. The van der Waals surface area contributed by atoms with Gasteiger partial charge in [-0.05, 0) is 49.5 Å². The summed E-state index contributed by atoms with van der Waals surface area (Å²) in [5, 5.41) is 0. The van der Waals surface area contributed by atoms with Gasteiger partial charge in [0.2, 0.25) is 5.91 Å². The number of carbonyl (C=O) groups excluding carboxylic acids is 2. The summed E-state index contributed by atoms with van der Waals surface area (Å²) in [6.07, 6.45) is 0. The Bertz CT molecular complexity index is 907. The van der Waals surface area contributed by atoms with Crippen molar-refractivity contribution >= 4 is 11.9 Å². The van der Waals surface area contributed by atoms with Crippen LogP contribution in [0.15, 0.2) is 42.5 Å². The molecule has 1 fully saturated rings. The molecule has 1 aliphatic heterocycles. The summed E-state index contributed by atoms with van der Waals surface area (Å²) in [6.45, 7) is 0.611. The Labute approximate surface area is 182 Å². The predicted molar refractivity (Wildman–Crippen MR) is 116 cm³/mol. The van der Waals surface area contributed by atoms with Gasteiger partial charge in [0.15, 0.2) is 0 Å². The molecule has 3 amide bonds. The second-order valence-electron chi connectivity index (χ2n) is 7.62. The molecule has 0 aromatic heterocycles. The molecule has 166 valence electrons. The van der Waals surface area contributed by atoms with Gasteiger partial charge in [-0.3, -0.25) is 9.69 Å². The van der Waals surface area contributed by atoms with E-state index in [4.69, 9.17) is 14.2 Å². The number of hydrogen-bond donors (Lipinski definition) is 0. The van der Waals surface area contributed by atoms with E-state index in [9.17, 15) is 9.59 Å². The van der Waals surface area contributed by atoms with Crippen molar-refractivity contribution in [1.82, 2.24) is 14.7 Å². The van der Waals surface area contributed by atoms with E-state index in [0.29, 0.717) is 18.0 Å². The molecule has 31 heavy (non-hydrogen) atoms. The summed E-state index contributed by atoms with van der Waals surface area (Å²) in [6, 6.07) is 12.7. The maximum Gasteiger partial charge on any atom is 0.327 e. The monoisotopic (exact) mass is 427 g/mol. The van der Waals surface area contributed by atoms with Crippen molar-refractivity contribution in [2.45, 2.75) is 12.6 Å². The largest absolute Gasteiger partial charge is 0.497 e. The average molecular weight is 428 g/mol. The minimum Gasteiger partial charge on any atom is -0.497 e. The maximum absolute atomic E-state index is 13.0. The number of carbonyl (C=O) groups is 2. The van der Waals surface area contributed by atoms with Gasteiger partial charge in [0.1, 0.15) is 23.8 Å². The molecule has 2 aromatic carbocycles. The van der Waals surface area contributed by atoms with Gasteiger partial charge in [0.25, 0.3) is 0 Å². The molecule has 0 bridgehead atoms. The molecule has 1 saturated heterocycles. The van der Waals surface area contributed by atoms with Crippen LogP contribution >= 0.6 is 0 Å². The highest BCUT2D eigenvalue weighted by Crippen LogP contribution is 2.27. The van der Waals surface area contributed by atoms with Crippen LogP contribution in [0.2, 0.25) is 0 Å². The number of urea groups is 1. The van der Waals surface area contributed by atoms with Gasteiger partial charge < -0.3 is 24.0 Å². The third kappa shape index (κ3) is 5.08. The number of hydrogen-bond acceptors (Lipinski definition) is 6. The van der Waals surface area contributed by atoms with Gasteiger partial charge in [-0.1, -0.05) is 12.1 Å². The highest BCUT2D eigenvalue weighted by Gasteiger charge is 2.37. The standard InChI is InChI=1S/C23H29N3O5/c1-24(2)21(17-6-8-18(29-3)9-7-17)14-26-22(27)15-25(23(26)28)13-16-10-19(30-4)12-20(11-16)31-5/h6-12,21H,13-15H2,1-5H3/t21-/m1/s1. The van der Waals surface area contributed by atoms with Crippen molar-refractivity contribution in [1.29, 1.82) is 0 Å². The Kier molecular flexibility index (Phi) is 7.02. The fourth-order valence-electron chi connectivity index (χ4n) is 3.64. The SMILES string of the molecule is COc1ccc([C@@H](CN2C(=O)CN(Cc3cc(OC)cc(OC)c3)C2=O)N(C)C)cc1. The molecule has 0 saturated carbocycles. The summed E-state index contributed by atoms with van der Waals surface area (Å²) in [4.78, 5) is 30.6. The van der Waals surface area contributed by atoms with E-state index in [1.807, 2.05) is 55.4 Å². The molecule has 3 rings (SSSR count). The Balaban J connectivity index is 1.75. The van der Waals surface area contributed by atoms with E-state index in [1.54, 1.807) is 27.4 Å². The summed E-state index contributed by atoms with van der Waals surface area (Å²) >= 11 is 0. The lowest BCUT2D eigenvalue weighted by molar-refractivity contribution is -0.125. The zero-order valence-electron chi connectivity index (χ0n) is 18.6. The van der Waals surface area contributed by atoms with E-state index in [2.05, 4.69) is 0 Å². The van der Waals surface area contributed by atoms with Crippen molar-refractivity contribution < 1.29 is 23.8 Å². The Morgan fingerprint density at radius 2 is 1.48 bits per heavy atom. The van der Waals surface area contributed by atoms with Crippen LogP contribution in [0.4, 0.5) is 4.79 Å². The minimum absolute atomic E-state index is 0.0428. The van der Waals surface area contributed by atoms with Gasteiger partial charge in [-0.15, -0.1) is 0 Å². The van der Waals surface area contributed by atoms with E-state index in [1.165, 1.54) is 9.80 Å². The zero-order valence-corrected chi connectivity index (χ0v) is 18.6. The van der Waals surface area contributed by atoms with Crippen molar-refractivity contribution in [2.75, 3.05) is 48.5 Å². The highest BCUT2D eigenvalue weighted by atomic mass is 16.5. The van der Waals surface area contributed by atoms with Crippen LogP contribution in [-0.4, -0.2) is 75.2 Å². The second kappa shape index (κ2) is 9.70. The third-order valence-corrected chi connectivity index (χ3v) is 5.39. The lowest BCUT2D eigenvalue weighted by Crippen LogP contribution is -2.39. The van der Waals surface area contributed by atoms with Crippen LogP contribution < -0.4 is 14.2 Å². The van der Waals surface area contributed by atoms with E-state index in [-0.39, 0.29) is 31.1 Å². The molecule has 8 nitrogen and oxygen atoms in total. The number of benzene rings is 2. The van der Waals surface area contributed by atoms with Crippen LogP contribution in [0.3, 0.4) is 0 Å². The van der Waals surface area contributed by atoms with Crippen LogP contribution in [-0.2, 0) is 11.3 Å². The van der Waals surface area contributed by atoms with Crippen LogP contribution in [0, 0.1) is 0 Å². The summed E-state index contributed by atoms with van der Waals surface area (Å²) in [5.74, 6) is 1.82. The van der Waals surface area contributed by atoms with Crippen LogP contribution in [0.1, 0.15) is 17.2 Å². The normalized spacial score (nSPS) is 14.9. The molecule has 0 unspecified atom stereocenters. The first-order valence-corrected chi connectivity index (χ1v) is 9.97. The second-order valence-corrected chi connectivity index (χ2v) is 7.62. The first-order chi connectivity index (χ1) is 14.9. The highest BCUT2D eigenvalue weighted by molar-refractivity contribution is 6.02. The Hall–Kier alpha value is -3.26. The van der Waals surface area contributed by atoms with Gasteiger partial charge in [-0.25, -0.2) is 4.79 Å². The number of likely N-dealkylation sites (N-methyl/N-ethyl adjacent to an activating group) is 1. The molecular formula is C23H29N3O5. The first-order valence-electron chi connectivity index (χ1n) is 9.97. The number of rotatable bonds is 9. The Morgan fingerprint density at radius 3 is 2.00 bits per heavy atom. The summed E-state index contributed by atoms with van der Waals surface area (Å²) in [5.41, 5.74) is 1.83. The fourth-order valence-corrected chi connectivity index (χ4v) is 3.64. The number of amides is 3. The third-order valence-electron chi connectivity index (χ3n) is 5.39. The van der Waals surface area contributed by atoms with Gasteiger partial charge in [-0.2, -0.15) is 0 Å². The maximum atomic E-state index is 13.0. The fraction of sp³-hybridized carbons (Fsp3) is 0.391. The molecule has 0 radical (unpaired) electrons. The molecule has 8 heteroatoms. The molecule has 0 N–H and O–H groups in total. The number of ether oxygens (including phenoxy) is 3. The lowest BCUT2D eigenvalue weighted by Gasteiger charge is -2.28. The molecular weight excluding hydrogens is 398 g/mol. The zero-order chi connectivity index (χ0) is 22.5. The quantitative estimate of drug-likeness (QED) is 0.573. The van der Waals surface area contributed by atoms with Crippen LogP contribution in [0.25, 0.3) is 0 Å². The van der Waals surface area contributed by atoms with Crippen molar-refractivity contribution in [3.8, 4) is 17.2 Å². The lowest BCUT2D eigenvalue weighted by atomic mass is 10.1. The average Bonchev–Trinajstić information content (AvgIpc) is 3.03. The number of imide groups is 1. The topological polar surface area (TPSA) is 71.5 Å². The van der Waals surface area contributed by atoms with Crippen molar-refractivity contribution in [3.63, 3.8) is 0 Å². The summed E-state index contributed by atoms with van der Waals surface area (Å²) in [7, 11) is 8.63. The van der Waals surface area contributed by atoms with E-state index < -0.39 is 0 Å². The molecule has 1 heterocycles. The van der Waals surface area contributed by atoms with Crippen molar-refractivity contribution in [2.24, 2.45) is 0 Å². The van der Waals surface area contributed by atoms with Gasteiger partial charge in [0, 0.05) is 12.6 Å². The molecule has 1 atom stereocenters. The van der Waals surface area contributed by atoms with Gasteiger partial charge >= 0.3 is 6.03 Å². The predicted octanol–water partition coefficient (Wildman–Crippen LogP) is 2.78. The van der Waals surface area contributed by atoms with E-state index >= 15 is 0 Å². The van der Waals surface area contributed by atoms with Crippen LogP contribution in [0.5, 0.6) is 17.2 Å². The van der Waals surface area contributed by atoms with E-state index in [0.717, 1.165) is 16.9 Å². The number of methoxy groups -OCH3 is 3. The first kappa shape index (κ1) is 22.4. The molecule has 0 spiro atoms. The molecule has 1 aliphatic rings. The van der Waals surface area contributed by atoms with Gasteiger partial charge in [0.05, 0.1) is 33.9 Å². The minimum atomic E-state index is -0.299. The Morgan fingerprint density at radius 1 is 0.903 bits per heavy atom.